The first kappa shape index (κ1) is 13.1. The quantitative estimate of drug-likeness (QED) is 0.867. The molecule has 0 bridgehead atoms. The molecule has 0 radical (unpaired) electrons. The van der Waals surface area contributed by atoms with Crippen LogP contribution < -0.4 is 5.56 Å². The Morgan fingerprint density at radius 3 is 2.67 bits per heavy atom. The molecule has 0 aliphatic carbocycles. The molecule has 94 valence electrons. The fourth-order valence-electron chi connectivity index (χ4n) is 1.36. The average molecular weight is 285 g/mol. The summed E-state index contributed by atoms with van der Waals surface area (Å²) in [6, 6.07) is 9.63. The van der Waals surface area contributed by atoms with Gasteiger partial charge in [-0.2, -0.15) is 5.10 Å². The van der Waals surface area contributed by atoms with E-state index in [2.05, 4.69) is 5.10 Å². The molecule has 1 aromatic heterocycles. The molecule has 1 aromatic carbocycles. The van der Waals surface area contributed by atoms with E-state index >= 15 is 0 Å². The van der Waals surface area contributed by atoms with Crippen molar-refractivity contribution in [3.63, 3.8) is 0 Å². The lowest BCUT2D eigenvalue weighted by Crippen LogP contribution is -2.24. The highest BCUT2D eigenvalue weighted by atomic mass is 35.5. The van der Waals surface area contributed by atoms with Crippen LogP contribution in [0.2, 0.25) is 10.0 Å². The number of halogens is 2. The first-order valence-corrected chi connectivity index (χ1v) is 5.97. The lowest BCUT2D eigenvalue weighted by molar-refractivity contribution is 0.0528. The fraction of sp³-hybridized carbons (Fsp3) is 0.167. The first-order chi connectivity index (χ1) is 8.68. The van der Waals surface area contributed by atoms with E-state index in [9.17, 15) is 4.79 Å². The van der Waals surface area contributed by atoms with E-state index in [0.717, 1.165) is 10.2 Å². The van der Waals surface area contributed by atoms with Gasteiger partial charge in [0.1, 0.15) is 11.8 Å². The number of benzene rings is 1. The smallest absolute Gasteiger partial charge is 0.289 e. The van der Waals surface area contributed by atoms with Crippen molar-refractivity contribution in [2.24, 2.45) is 0 Å². The molecule has 0 aliphatic rings. The van der Waals surface area contributed by atoms with Gasteiger partial charge in [-0.15, -0.1) is 0 Å². The van der Waals surface area contributed by atoms with E-state index in [4.69, 9.17) is 27.9 Å². The van der Waals surface area contributed by atoms with E-state index in [1.165, 1.54) is 6.20 Å². The number of nitrogens with zero attached hydrogens (tertiary/aromatic N) is 2. The van der Waals surface area contributed by atoms with E-state index in [0.29, 0.717) is 6.61 Å². The van der Waals surface area contributed by atoms with Crippen LogP contribution in [0.25, 0.3) is 0 Å². The van der Waals surface area contributed by atoms with Crippen molar-refractivity contribution >= 4 is 23.2 Å². The summed E-state index contributed by atoms with van der Waals surface area (Å²) in [7, 11) is 0. The third-order valence-corrected chi connectivity index (χ3v) is 3.02. The Balaban J connectivity index is 1.99. The lowest BCUT2D eigenvalue weighted by Gasteiger charge is -2.06. The van der Waals surface area contributed by atoms with Gasteiger partial charge in [0, 0.05) is 0 Å². The minimum atomic E-state index is -0.461. The zero-order valence-electron chi connectivity index (χ0n) is 9.35. The molecule has 1 heterocycles. The third-order valence-electron chi connectivity index (χ3n) is 2.27. The molecular formula is C12H10Cl2N2O2. The number of hydrogen-bond donors (Lipinski definition) is 0. The van der Waals surface area contributed by atoms with Crippen molar-refractivity contribution in [2.45, 2.75) is 13.3 Å². The van der Waals surface area contributed by atoms with Crippen molar-refractivity contribution in [3.8, 4) is 0 Å². The molecule has 2 aromatic rings. The number of hydrogen-bond acceptors (Lipinski definition) is 3. The van der Waals surface area contributed by atoms with Crippen LogP contribution in [0.4, 0.5) is 0 Å². The van der Waals surface area contributed by atoms with E-state index < -0.39 is 5.56 Å². The minimum absolute atomic E-state index is 0.0324. The average Bonchev–Trinajstić information content (AvgIpc) is 2.40. The van der Waals surface area contributed by atoms with Crippen LogP contribution in [-0.4, -0.2) is 9.78 Å². The summed E-state index contributed by atoms with van der Waals surface area (Å²) in [5.41, 5.74) is 0.558. The summed E-state index contributed by atoms with van der Waals surface area (Å²) in [5.74, 6) is 0. The summed E-state index contributed by atoms with van der Waals surface area (Å²) in [5, 5.41) is 3.93. The monoisotopic (exact) mass is 284 g/mol. The van der Waals surface area contributed by atoms with Gasteiger partial charge in [-0.25, -0.2) is 4.68 Å². The summed E-state index contributed by atoms with van der Waals surface area (Å²) >= 11 is 11.4. The zero-order valence-corrected chi connectivity index (χ0v) is 10.9. The molecule has 6 heteroatoms. The van der Waals surface area contributed by atoms with E-state index in [1.807, 2.05) is 30.3 Å². The highest BCUT2D eigenvalue weighted by molar-refractivity contribution is 6.41. The van der Waals surface area contributed by atoms with Crippen LogP contribution in [0.5, 0.6) is 0 Å². The molecule has 0 N–H and O–H groups in total. The summed E-state index contributed by atoms with van der Waals surface area (Å²) in [4.78, 5) is 11.6. The van der Waals surface area contributed by atoms with Crippen LogP contribution in [0, 0.1) is 0 Å². The Bertz CT molecular complexity index is 584. The topological polar surface area (TPSA) is 44.1 Å². The van der Waals surface area contributed by atoms with Gasteiger partial charge >= 0.3 is 0 Å². The maximum atomic E-state index is 11.6. The van der Waals surface area contributed by atoms with Crippen LogP contribution in [0.1, 0.15) is 5.56 Å². The Kier molecular flexibility index (Phi) is 4.36. The van der Waals surface area contributed by atoms with Gasteiger partial charge in [-0.3, -0.25) is 4.79 Å². The van der Waals surface area contributed by atoms with Gasteiger partial charge in [0.2, 0.25) is 0 Å². The first-order valence-electron chi connectivity index (χ1n) is 5.21. The zero-order chi connectivity index (χ0) is 13.0. The highest BCUT2D eigenvalue weighted by Gasteiger charge is 2.06. The summed E-state index contributed by atoms with van der Waals surface area (Å²) < 4.78 is 6.50. The lowest BCUT2D eigenvalue weighted by atomic mass is 10.2. The van der Waals surface area contributed by atoms with Crippen LogP contribution in [-0.2, 0) is 18.1 Å². The Morgan fingerprint density at radius 2 is 1.94 bits per heavy atom. The van der Waals surface area contributed by atoms with Crippen molar-refractivity contribution in [3.05, 3.63) is 62.5 Å². The molecule has 2 rings (SSSR count). The molecule has 0 spiro atoms. The van der Waals surface area contributed by atoms with Gasteiger partial charge in [-0.1, -0.05) is 53.5 Å². The van der Waals surface area contributed by atoms with E-state index in [-0.39, 0.29) is 16.8 Å². The molecule has 0 fully saturated rings. The Hall–Kier alpha value is -1.36. The molecule has 18 heavy (non-hydrogen) atoms. The van der Waals surface area contributed by atoms with Crippen molar-refractivity contribution in [2.75, 3.05) is 0 Å². The summed E-state index contributed by atoms with van der Waals surface area (Å²) in [6.07, 6.45) is 1.32. The maximum Gasteiger partial charge on any atom is 0.289 e. The summed E-state index contributed by atoms with van der Waals surface area (Å²) in [6.45, 7) is 0.430. The number of aromatic nitrogens is 2. The molecule has 0 saturated carbocycles. The van der Waals surface area contributed by atoms with Crippen LogP contribution >= 0.6 is 23.2 Å². The van der Waals surface area contributed by atoms with Gasteiger partial charge in [0.05, 0.1) is 17.8 Å². The molecule has 0 aliphatic heterocycles. The number of ether oxygens (including phenoxy) is 1. The SMILES string of the molecule is O=c1c(Cl)c(Cl)cnn1COCc1ccccc1. The molecule has 0 unspecified atom stereocenters. The van der Waals surface area contributed by atoms with Crippen molar-refractivity contribution in [1.29, 1.82) is 0 Å². The van der Waals surface area contributed by atoms with Crippen molar-refractivity contribution < 1.29 is 4.74 Å². The molecule has 0 amide bonds. The molecule has 0 atom stereocenters. The van der Waals surface area contributed by atoms with Gasteiger partial charge in [0.15, 0.2) is 0 Å². The van der Waals surface area contributed by atoms with E-state index in [1.54, 1.807) is 0 Å². The molecule has 4 nitrogen and oxygen atoms in total. The highest BCUT2D eigenvalue weighted by Crippen LogP contribution is 2.14. The standard InChI is InChI=1S/C12H10Cl2N2O2/c13-10-6-15-16(12(17)11(10)14)8-18-7-9-4-2-1-3-5-9/h1-6H,7-8H2. The second kappa shape index (κ2) is 6.00. The maximum absolute atomic E-state index is 11.6. The van der Waals surface area contributed by atoms with Crippen LogP contribution in [0.15, 0.2) is 41.3 Å². The van der Waals surface area contributed by atoms with Gasteiger partial charge in [0.25, 0.3) is 5.56 Å². The largest absolute Gasteiger partial charge is 0.354 e. The molecule has 0 saturated heterocycles. The predicted molar refractivity (Wildman–Crippen MR) is 69.7 cm³/mol. The van der Waals surface area contributed by atoms with Crippen LogP contribution in [0.3, 0.4) is 0 Å². The van der Waals surface area contributed by atoms with Crippen molar-refractivity contribution in [1.82, 2.24) is 9.78 Å². The minimum Gasteiger partial charge on any atom is -0.354 e. The normalized spacial score (nSPS) is 10.6. The Labute approximate surface area is 114 Å². The van der Waals surface area contributed by atoms with Gasteiger partial charge < -0.3 is 4.74 Å². The third kappa shape index (κ3) is 3.10. The number of rotatable bonds is 4. The fourth-order valence-corrected chi connectivity index (χ4v) is 1.63. The van der Waals surface area contributed by atoms with Gasteiger partial charge in [-0.05, 0) is 5.56 Å². The predicted octanol–water partition coefficient (Wildman–Crippen LogP) is 2.72. The molecular weight excluding hydrogens is 275 g/mol. The second-order valence-corrected chi connectivity index (χ2v) is 4.36. The second-order valence-electron chi connectivity index (χ2n) is 3.57. The Morgan fingerprint density at radius 1 is 1.22 bits per heavy atom.